The predicted octanol–water partition coefficient (Wildman–Crippen LogP) is 4.75. The molecule has 1 aliphatic rings. The fourth-order valence-corrected chi connectivity index (χ4v) is 2.72. The fraction of sp³-hybridized carbons (Fsp3) is 0.0435. The number of nitrogens with zero attached hydrogens (tertiary/aromatic N) is 1. The van der Waals surface area contributed by atoms with Gasteiger partial charge >= 0.3 is 5.97 Å². The third-order valence-electron chi connectivity index (χ3n) is 4.16. The van der Waals surface area contributed by atoms with Crippen molar-refractivity contribution in [3.8, 4) is 5.75 Å². The van der Waals surface area contributed by atoms with E-state index in [1.807, 2.05) is 54.6 Å². The Morgan fingerprint density at radius 3 is 2.39 bits per heavy atom. The quantitative estimate of drug-likeness (QED) is 0.479. The number of halogens is 1. The van der Waals surface area contributed by atoms with Crippen LogP contribution in [0, 0.1) is 5.82 Å². The zero-order valence-electron chi connectivity index (χ0n) is 14.8. The maximum Gasteiger partial charge on any atom is 0.363 e. The fourth-order valence-electron chi connectivity index (χ4n) is 2.72. The summed E-state index contributed by atoms with van der Waals surface area (Å²) < 4.78 is 24.7. The van der Waals surface area contributed by atoms with E-state index in [0.717, 1.165) is 16.9 Å². The second-order valence-electron chi connectivity index (χ2n) is 6.16. The summed E-state index contributed by atoms with van der Waals surface area (Å²) in [6.45, 7) is 0.476. The van der Waals surface area contributed by atoms with Gasteiger partial charge in [-0.25, -0.2) is 14.2 Å². The Labute approximate surface area is 161 Å². The molecule has 0 N–H and O–H groups in total. The molecule has 1 heterocycles. The number of cyclic esters (lactones) is 1. The topological polar surface area (TPSA) is 47.9 Å². The first kappa shape index (κ1) is 17.7. The van der Waals surface area contributed by atoms with E-state index in [1.54, 1.807) is 18.2 Å². The SMILES string of the molecule is O=C1OC(c2ccccc2F)=N/C1=C/c1ccc(OCc2ccccc2)cc1. The number of hydrogen-bond acceptors (Lipinski definition) is 4. The van der Waals surface area contributed by atoms with Gasteiger partial charge in [-0.15, -0.1) is 0 Å². The summed E-state index contributed by atoms with van der Waals surface area (Å²) in [6, 6.07) is 23.2. The molecule has 0 saturated heterocycles. The Morgan fingerprint density at radius 1 is 0.929 bits per heavy atom. The van der Waals surface area contributed by atoms with Gasteiger partial charge in [0.25, 0.3) is 0 Å². The summed E-state index contributed by atoms with van der Waals surface area (Å²) in [5.41, 5.74) is 2.12. The molecule has 0 radical (unpaired) electrons. The smallest absolute Gasteiger partial charge is 0.363 e. The monoisotopic (exact) mass is 373 g/mol. The van der Waals surface area contributed by atoms with Gasteiger partial charge in [0, 0.05) is 0 Å². The highest BCUT2D eigenvalue weighted by Gasteiger charge is 2.25. The Kier molecular flexibility index (Phi) is 4.97. The minimum atomic E-state index is -0.609. The molecule has 0 spiro atoms. The lowest BCUT2D eigenvalue weighted by atomic mass is 10.2. The van der Waals surface area contributed by atoms with E-state index >= 15 is 0 Å². The Balaban J connectivity index is 1.48. The van der Waals surface area contributed by atoms with Crippen LogP contribution in [0.15, 0.2) is 89.6 Å². The zero-order valence-corrected chi connectivity index (χ0v) is 14.8. The lowest BCUT2D eigenvalue weighted by Gasteiger charge is -2.06. The number of hydrogen-bond donors (Lipinski definition) is 0. The lowest BCUT2D eigenvalue weighted by molar-refractivity contribution is -0.129. The summed E-state index contributed by atoms with van der Waals surface area (Å²) in [4.78, 5) is 16.2. The number of rotatable bonds is 5. The van der Waals surface area contributed by atoms with E-state index in [-0.39, 0.29) is 17.2 Å². The first-order chi connectivity index (χ1) is 13.7. The van der Waals surface area contributed by atoms with E-state index < -0.39 is 11.8 Å². The van der Waals surface area contributed by atoms with Gasteiger partial charge < -0.3 is 9.47 Å². The molecule has 0 aliphatic carbocycles. The second-order valence-corrected chi connectivity index (χ2v) is 6.16. The third-order valence-corrected chi connectivity index (χ3v) is 4.16. The number of ether oxygens (including phenoxy) is 2. The van der Waals surface area contributed by atoms with Crippen molar-refractivity contribution >= 4 is 17.9 Å². The van der Waals surface area contributed by atoms with Crippen LogP contribution in [0.4, 0.5) is 4.39 Å². The van der Waals surface area contributed by atoms with E-state index in [4.69, 9.17) is 9.47 Å². The Bertz CT molecular complexity index is 1060. The first-order valence-corrected chi connectivity index (χ1v) is 8.73. The van der Waals surface area contributed by atoms with Crippen molar-refractivity contribution in [3.05, 3.63) is 107 Å². The normalized spacial score (nSPS) is 14.7. The van der Waals surface area contributed by atoms with Gasteiger partial charge in [0.2, 0.25) is 5.90 Å². The van der Waals surface area contributed by atoms with Crippen LogP contribution < -0.4 is 4.74 Å². The molecule has 0 bridgehead atoms. The molecule has 4 rings (SSSR count). The number of carbonyl (C=O) groups excluding carboxylic acids is 1. The standard InChI is InChI=1S/C23H16FNO3/c24-20-9-5-4-8-19(20)22-25-21(23(26)28-22)14-16-10-12-18(13-11-16)27-15-17-6-2-1-3-7-17/h1-14H,15H2/b21-14+. The van der Waals surface area contributed by atoms with Crippen molar-refractivity contribution in [2.45, 2.75) is 6.61 Å². The molecule has 3 aromatic rings. The highest BCUT2D eigenvalue weighted by atomic mass is 19.1. The van der Waals surface area contributed by atoms with E-state index in [9.17, 15) is 9.18 Å². The Morgan fingerprint density at radius 2 is 1.64 bits per heavy atom. The average Bonchev–Trinajstić information content (AvgIpc) is 3.08. The van der Waals surface area contributed by atoms with Crippen molar-refractivity contribution in [3.63, 3.8) is 0 Å². The number of aliphatic imine (C=N–C) groups is 1. The molecule has 138 valence electrons. The second kappa shape index (κ2) is 7.88. The summed E-state index contributed by atoms with van der Waals surface area (Å²) in [5, 5.41) is 0. The molecule has 3 aromatic carbocycles. The van der Waals surface area contributed by atoms with Crippen LogP contribution >= 0.6 is 0 Å². The van der Waals surface area contributed by atoms with Gasteiger partial charge in [-0.1, -0.05) is 54.6 Å². The van der Waals surface area contributed by atoms with Crippen molar-refractivity contribution in [1.29, 1.82) is 0 Å². The minimum absolute atomic E-state index is 0.0304. The van der Waals surface area contributed by atoms with Gasteiger partial charge in [0.15, 0.2) is 5.70 Å². The van der Waals surface area contributed by atoms with Gasteiger partial charge in [-0.05, 0) is 41.5 Å². The van der Waals surface area contributed by atoms with Crippen LogP contribution in [0.2, 0.25) is 0 Å². The summed E-state index contributed by atoms with van der Waals surface area (Å²) in [7, 11) is 0. The summed E-state index contributed by atoms with van der Waals surface area (Å²) in [6.07, 6.45) is 1.59. The molecule has 0 aromatic heterocycles. The molecule has 0 unspecified atom stereocenters. The van der Waals surface area contributed by atoms with Crippen molar-refractivity contribution < 1.29 is 18.7 Å². The van der Waals surface area contributed by atoms with E-state index in [1.165, 1.54) is 12.1 Å². The van der Waals surface area contributed by atoms with Crippen LogP contribution in [0.5, 0.6) is 5.75 Å². The highest BCUT2D eigenvalue weighted by Crippen LogP contribution is 2.22. The van der Waals surface area contributed by atoms with E-state index in [2.05, 4.69) is 4.99 Å². The van der Waals surface area contributed by atoms with Crippen molar-refractivity contribution in [2.24, 2.45) is 4.99 Å². The Hall–Kier alpha value is -3.73. The van der Waals surface area contributed by atoms with Crippen LogP contribution in [-0.4, -0.2) is 11.9 Å². The molecular weight excluding hydrogens is 357 g/mol. The number of benzene rings is 3. The molecule has 0 atom stereocenters. The van der Waals surface area contributed by atoms with Gasteiger partial charge in [0.1, 0.15) is 18.2 Å². The summed E-state index contributed by atoms with van der Waals surface area (Å²) >= 11 is 0. The first-order valence-electron chi connectivity index (χ1n) is 8.73. The van der Waals surface area contributed by atoms with Crippen LogP contribution in [0.3, 0.4) is 0 Å². The largest absolute Gasteiger partial charge is 0.489 e. The van der Waals surface area contributed by atoms with Crippen LogP contribution in [0.25, 0.3) is 6.08 Å². The number of esters is 1. The average molecular weight is 373 g/mol. The van der Waals surface area contributed by atoms with Gasteiger partial charge in [-0.2, -0.15) is 0 Å². The maximum absolute atomic E-state index is 13.9. The van der Waals surface area contributed by atoms with Gasteiger partial charge in [0.05, 0.1) is 5.56 Å². The molecule has 4 nitrogen and oxygen atoms in total. The molecule has 0 amide bonds. The molecular formula is C23H16FNO3. The highest BCUT2D eigenvalue weighted by molar-refractivity contribution is 6.12. The van der Waals surface area contributed by atoms with Crippen molar-refractivity contribution in [1.82, 2.24) is 0 Å². The summed E-state index contributed by atoms with van der Waals surface area (Å²) in [5.74, 6) is -0.411. The molecule has 0 saturated carbocycles. The molecule has 5 heteroatoms. The molecule has 1 aliphatic heterocycles. The maximum atomic E-state index is 13.9. The van der Waals surface area contributed by atoms with Crippen LogP contribution in [0.1, 0.15) is 16.7 Å². The van der Waals surface area contributed by atoms with Crippen molar-refractivity contribution in [2.75, 3.05) is 0 Å². The zero-order chi connectivity index (χ0) is 19.3. The number of carbonyl (C=O) groups is 1. The molecule has 28 heavy (non-hydrogen) atoms. The third kappa shape index (κ3) is 3.99. The minimum Gasteiger partial charge on any atom is -0.489 e. The lowest BCUT2D eigenvalue weighted by Crippen LogP contribution is -2.07. The predicted molar refractivity (Wildman–Crippen MR) is 104 cm³/mol. The van der Waals surface area contributed by atoms with Crippen LogP contribution in [-0.2, 0) is 16.1 Å². The molecule has 0 fully saturated rings. The van der Waals surface area contributed by atoms with Gasteiger partial charge in [-0.3, -0.25) is 0 Å². The van der Waals surface area contributed by atoms with E-state index in [0.29, 0.717) is 6.61 Å².